The summed E-state index contributed by atoms with van der Waals surface area (Å²) in [5, 5.41) is 9.77. The molecular weight excluding hydrogens is 368 g/mol. The Hall–Kier alpha value is -2.70. The maximum absolute atomic E-state index is 12.3. The molecule has 0 aliphatic heterocycles. The normalized spacial score (nSPS) is 17.9. The van der Waals surface area contributed by atoms with Crippen molar-refractivity contribution in [1.82, 2.24) is 20.8 Å². The van der Waals surface area contributed by atoms with Crippen LogP contribution in [0, 0.1) is 0 Å². The van der Waals surface area contributed by atoms with E-state index < -0.39 is 0 Å². The molecule has 7 nitrogen and oxygen atoms in total. The number of amides is 2. The first-order valence-electron chi connectivity index (χ1n) is 10.7. The number of aromatic nitrogens is 2. The Labute approximate surface area is 170 Å². The molecule has 0 spiro atoms. The lowest BCUT2D eigenvalue weighted by Crippen LogP contribution is -2.42. The minimum absolute atomic E-state index is 0.00727. The molecule has 2 fully saturated rings. The summed E-state index contributed by atoms with van der Waals surface area (Å²) in [6.07, 6.45) is 10.3. The van der Waals surface area contributed by atoms with Gasteiger partial charge >= 0.3 is 0 Å². The van der Waals surface area contributed by atoms with Crippen LogP contribution in [-0.4, -0.2) is 34.5 Å². The van der Waals surface area contributed by atoms with Crippen LogP contribution in [0.5, 0.6) is 0 Å². The number of nitrogens with zero attached hydrogens (tertiary/aromatic N) is 2. The van der Waals surface area contributed by atoms with Crippen molar-refractivity contribution in [2.24, 2.45) is 0 Å². The van der Waals surface area contributed by atoms with Crippen LogP contribution in [0.4, 0.5) is 0 Å². The van der Waals surface area contributed by atoms with Gasteiger partial charge < -0.3 is 15.2 Å². The lowest BCUT2D eigenvalue weighted by molar-refractivity contribution is -0.121. The Morgan fingerprint density at radius 1 is 0.966 bits per heavy atom. The summed E-state index contributed by atoms with van der Waals surface area (Å²) in [7, 11) is 0. The van der Waals surface area contributed by atoms with Crippen LogP contribution in [0.15, 0.2) is 28.8 Å². The van der Waals surface area contributed by atoms with Crippen LogP contribution < -0.4 is 10.6 Å². The predicted molar refractivity (Wildman–Crippen MR) is 108 cm³/mol. The Kier molecular flexibility index (Phi) is 6.22. The molecule has 2 saturated carbocycles. The van der Waals surface area contributed by atoms with E-state index in [4.69, 9.17) is 4.52 Å². The smallest absolute Gasteiger partial charge is 0.251 e. The number of nitrogens with one attached hydrogen (secondary N) is 2. The zero-order valence-corrected chi connectivity index (χ0v) is 16.7. The Morgan fingerprint density at radius 2 is 1.66 bits per heavy atom. The van der Waals surface area contributed by atoms with E-state index in [1.54, 1.807) is 24.3 Å². The molecule has 2 N–H and O–H groups in total. The summed E-state index contributed by atoms with van der Waals surface area (Å²) in [6.45, 7) is -0.00727. The van der Waals surface area contributed by atoms with Gasteiger partial charge in [-0.15, -0.1) is 0 Å². The molecule has 0 unspecified atom stereocenters. The van der Waals surface area contributed by atoms with E-state index in [1.807, 2.05) is 0 Å². The largest absolute Gasteiger partial charge is 0.352 e. The van der Waals surface area contributed by atoms with Gasteiger partial charge in [-0.1, -0.05) is 49.4 Å². The van der Waals surface area contributed by atoms with E-state index in [0.29, 0.717) is 23.2 Å². The van der Waals surface area contributed by atoms with Crippen molar-refractivity contribution < 1.29 is 14.1 Å². The van der Waals surface area contributed by atoms with Crippen molar-refractivity contribution in [3.8, 4) is 11.4 Å². The number of hydrogen-bond acceptors (Lipinski definition) is 5. The molecule has 0 atom stereocenters. The SMILES string of the molecule is O=C(CNC(=O)c1ccc(-c2noc(C3CCCC3)n2)cc1)NC1CCCCC1. The van der Waals surface area contributed by atoms with Crippen molar-refractivity contribution in [1.29, 1.82) is 0 Å². The van der Waals surface area contributed by atoms with Gasteiger partial charge in [-0.2, -0.15) is 4.98 Å². The van der Waals surface area contributed by atoms with Gasteiger partial charge in [0.15, 0.2) is 0 Å². The Bertz CT molecular complexity index is 834. The number of carbonyl (C=O) groups excluding carboxylic acids is 2. The molecule has 2 aliphatic carbocycles. The first-order valence-corrected chi connectivity index (χ1v) is 10.7. The van der Waals surface area contributed by atoms with Gasteiger partial charge in [0, 0.05) is 23.1 Å². The van der Waals surface area contributed by atoms with Gasteiger partial charge in [-0.05, 0) is 37.8 Å². The summed E-state index contributed by atoms with van der Waals surface area (Å²) < 4.78 is 5.42. The Morgan fingerprint density at radius 3 is 2.38 bits per heavy atom. The van der Waals surface area contributed by atoms with Gasteiger partial charge in [-0.25, -0.2) is 0 Å². The molecule has 2 aromatic rings. The van der Waals surface area contributed by atoms with Gasteiger partial charge in [0.2, 0.25) is 17.6 Å². The number of carbonyl (C=O) groups is 2. The second-order valence-electron chi connectivity index (χ2n) is 8.10. The van der Waals surface area contributed by atoms with Crippen LogP contribution in [0.2, 0.25) is 0 Å². The third kappa shape index (κ3) is 5.02. The zero-order valence-electron chi connectivity index (χ0n) is 16.7. The molecule has 29 heavy (non-hydrogen) atoms. The molecule has 0 saturated heterocycles. The summed E-state index contributed by atoms with van der Waals surface area (Å²) >= 11 is 0. The van der Waals surface area contributed by atoms with Crippen molar-refractivity contribution in [3.05, 3.63) is 35.7 Å². The van der Waals surface area contributed by atoms with Crippen molar-refractivity contribution in [2.75, 3.05) is 6.54 Å². The molecule has 0 radical (unpaired) electrons. The Balaban J connectivity index is 1.29. The third-order valence-electron chi connectivity index (χ3n) is 5.93. The fourth-order valence-electron chi connectivity index (χ4n) is 4.25. The maximum Gasteiger partial charge on any atom is 0.251 e. The van der Waals surface area contributed by atoms with Gasteiger partial charge in [0.25, 0.3) is 5.91 Å². The van der Waals surface area contributed by atoms with Crippen LogP contribution in [0.3, 0.4) is 0 Å². The quantitative estimate of drug-likeness (QED) is 0.778. The average Bonchev–Trinajstić information content (AvgIpc) is 3.45. The molecule has 1 aromatic heterocycles. The number of hydrogen-bond donors (Lipinski definition) is 2. The molecule has 4 rings (SSSR count). The van der Waals surface area contributed by atoms with Crippen molar-refractivity contribution in [2.45, 2.75) is 69.7 Å². The standard InChI is InChI=1S/C22H28N4O3/c27-19(24-18-8-2-1-3-9-18)14-23-21(28)16-12-10-15(11-13-16)20-25-22(29-26-20)17-6-4-5-7-17/h10-13,17-18H,1-9,14H2,(H,23,28)(H,24,27). The van der Waals surface area contributed by atoms with Gasteiger partial charge in [-0.3, -0.25) is 9.59 Å². The highest BCUT2D eigenvalue weighted by Crippen LogP contribution is 2.33. The second kappa shape index (κ2) is 9.20. The van der Waals surface area contributed by atoms with Gasteiger partial charge in [0.1, 0.15) is 0 Å². The third-order valence-corrected chi connectivity index (χ3v) is 5.93. The van der Waals surface area contributed by atoms with E-state index in [0.717, 1.165) is 44.1 Å². The molecule has 1 aromatic carbocycles. The molecular formula is C22H28N4O3. The van der Waals surface area contributed by atoms with E-state index in [1.165, 1.54) is 19.3 Å². The highest BCUT2D eigenvalue weighted by Gasteiger charge is 2.23. The first-order chi connectivity index (χ1) is 14.2. The van der Waals surface area contributed by atoms with Crippen LogP contribution in [0.25, 0.3) is 11.4 Å². The van der Waals surface area contributed by atoms with Crippen LogP contribution in [-0.2, 0) is 4.79 Å². The molecule has 1 heterocycles. The van der Waals surface area contributed by atoms with E-state index in [2.05, 4.69) is 20.8 Å². The fraction of sp³-hybridized carbons (Fsp3) is 0.545. The minimum atomic E-state index is -0.268. The topological polar surface area (TPSA) is 97.1 Å². The monoisotopic (exact) mass is 396 g/mol. The van der Waals surface area contributed by atoms with E-state index >= 15 is 0 Å². The number of rotatable bonds is 6. The molecule has 0 bridgehead atoms. The van der Waals surface area contributed by atoms with Crippen molar-refractivity contribution >= 4 is 11.8 Å². The highest BCUT2D eigenvalue weighted by molar-refractivity contribution is 5.96. The summed E-state index contributed by atoms with van der Waals surface area (Å²) in [4.78, 5) is 28.9. The number of benzene rings is 1. The maximum atomic E-state index is 12.3. The molecule has 154 valence electrons. The molecule has 2 aliphatic rings. The van der Waals surface area contributed by atoms with Gasteiger partial charge in [0.05, 0.1) is 6.54 Å². The second-order valence-corrected chi connectivity index (χ2v) is 8.10. The summed E-state index contributed by atoms with van der Waals surface area (Å²) in [6, 6.07) is 7.29. The molecule has 2 amide bonds. The lowest BCUT2D eigenvalue weighted by atomic mass is 9.95. The lowest BCUT2D eigenvalue weighted by Gasteiger charge is -2.22. The summed E-state index contributed by atoms with van der Waals surface area (Å²) in [5.41, 5.74) is 1.31. The zero-order chi connectivity index (χ0) is 20.1. The average molecular weight is 396 g/mol. The van der Waals surface area contributed by atoms with Crippen LogP contribution in [0.1, 0.15) is 80.0 Å². The van der Waals surface area contributed by atoms with E-state index in [9.17, 15) is 9.59 Å². The predicted octanol–water partition coefficient (Wildman–Crippen LogP) is 3.57. The van der Waals surface area contributed by atoms with E-state index in [-0.39, 0.29) is 24.4 Å². The summed E-state index contributed by atoms with van der Waals surface area (Å²) in [5.74, 6) is 1.23. The highest BCUT2D eigenvalue weighted by atomic mass is 16.5. The minimum Gasteiger partial charge on any atom is -0.352 e. The van der Waals surface area contributed by atoms with Crippen molar-refractivity contribution in [3.63, 3.8) is 0 Å². The molecule has 7 heteroatoms. The van der Waals surface area contributed by atoms with Crippen LogP contribution >= 0.6 is 0 Å². The first kappa shape index (κ1) is 19.6. The fourth-order valence-corrected chi connectivity index (χ4v) is 4.25.